The highest BCUT2D eigenvalue weighted by Crippen LogP contribution is 2.23. The van der Waals surface area contributed by atoms with Crippen molar-refractivity contribution in [1.82, 2.24) is 5.32 Å². The first-order valence-corrected chi connectivity index (χ1v) is 6.06. The molecule has 0 heterocycles. The Morgan fingerprint density at radius 3 is 2.62 bits per heavy atom. The number of rotatable bonds is 6. The van der Waals surface area contributed by atoms with E-state index < -0.39 is 0 Å². The van der Waals surface area contributed by atoms with Gasteiger partial charge in [-0.1, -0.05) is 32.9 Å². The Kier molecular flexibility index (Phi) is 5.33. The topological polar surface area (TPSA) is 21.3 Å². The van der Waals surface area contributed by atoms with Crippen LogP contribution < -0.4 is 10.1 Å². The molecule has 0 amide bonds. The number of methoxy groups -OCH3 is 1. The molecule has 0 aliphatic heterocycles. The highest BCUT2D eigenvalue weighted by molar-refractivity contribution is 5.38. The lowest BCUT2D eigenvalue weighted by molar-refractivity contribution is 0.407. The van der Waals surface area contributed by atoms with Gasteiger partial charge in [0.05, 0.1) is 7.11 Å². The smallest absolute Gasteiger partial charge is 0.123 e. The van der Waals surface area contributed by atoms with Crippen molar-refractivity contribution in [2.75, 3.05) is 13.7 Å². The minimum absolute atomic E-state index is 0.566. The van der Waals surface area contributed by atoms with Crippen LogP contribution in [0, 0.1) is 0 Å². The molecular weight excluding hydrogens is 198 g/mol. The maximum Gasteiger partial charge on any atom is 0.123 e. The lowest BCUT2D eigenvalue weighted by atomic mass is 10.0. The summed E-state index contributed by atoms with van der Waals surface area (Å²) in [6.45, 7) is 8.54. The summed E-state index contributed by atoms with van der Waals surface area (Å²) in [6.07, 6.45) is 1.16. The molecule has 2 nitrogen and oxygen atoms in total. The van der Waals surface area contributed by atoms with Crippen LogP contribution in [-0.2, 0) is 6.54 Å². The number of hydrogen-bond acceptors (Lipinski definition) is 2. The van der Waals surface area contributed by atoms with Crippen LogP contribution >= 0.6 is 0 Å². The van der Waals surface area contributed by atoms with Gasteiger partial charge < -0.3 is 10.1 Å². The Balaban J connectivity index is 2.80. The third kappa shape index (κ3) is 3.53. The molecule has 0 aliphatic carbocycles. The van der Waals surface area contributed by atoms with E-state index in [0.717, 1.165) is 25.3 Å². The zero-order valence-electron chi connectivity index (χ0n) is 10.8. The number of nitrogens with one attached hydrogen (secondary N) is 1. The van der Waals surface area contributed by atoms with Crippen LogP contribution in [0.25, 0.3) is 0 Å². The Labute approximate surface area is 99.0 Å². The second-order valence-corrected chi connectivity index (χ2v) is 4.40. The summed E-state index contributed by atoms with van der Waals surface area (Å²) in [5.41, 5.74) is 2.62. The minimum Gasteiger partial charge on any atom is -0.496 e. The molecule has 0 unspecified atom stereocenters. The number of benzene rings is 1. The van der Waals surface area contributed by atoms with Gasteiger partial charge in [-0.2, -0.15) is 0 Å². The molecule has 0 fully saturated rings. The van der Waals surface area contributed by atoms with E-state index in [1.807, 2.05) is 0 Å². The third-order valence-electron chi connectivity index (χ3n) is 2.71. The average Bonchev–Trinajstić information content (AvgIpc) is 2.29. The van der Waals surface area contributed by atoms with Crippen LogP contribution in [0.15, 0.2) is 18.2 Å². The van der Waals surface area contributed by atoms with Crippen molar-refractivity contribution in [2.24, 2.45) is 0 Å². The van der Waals surface area contributed by atoms with Crippen LogP contribution in [0.4, 0.5) is 0 Å². The van der Waals surface area contributed by atoms with Gasteiger partial charge >= 0.3 is 0 Å². The van der Waals surface area contributed by atoms with E-state index in [4.69, 9.17) is 4.74 Å². The van der Waals surface area contributed by atoms with Gasteiger partial charge in [0.2, 0.25) is 0 Å². The predicted molar refractivity (Wildman–Crippen MR) is 69.1 cm³/mol. The maximum atomic E-state index is 5.37. The van der Waals surface area contributed by atoms with E-state index in [1.54, 1.807) is 7.11 Å². The zero-order valence-corrected chi connectivity index (χ0v) is 10.8. The van der Waals surface area contributed by atoms with Crippen LogP contribution in [0.5, 0.6) is 5.75 Å². The standard InChI is InChI=1S/C14H23NO/c1-5-8-15-10-13-9-12(11(2)3)6-7-14(13)16-4/h6-7,9,11,15H,5,8,10H2,1-4H3. The van der Waals surface area contributed by atoms with Crippen molar-refractivity contribution < 1.29 is 4.74 Å². The van der Waals surface area contributed by atoms with Gasteiger partial charge in [-0.05, 0) is 30.5 Å². The summed E-state index contributed by atoms with van der Waals surface area (Å²) in [4.78, 5) is 0. The average molecular weight is 221 g/mol. The fourth-order valence-corrected chi connectivity index (χ4v) is 1.70. The molecule has 2 heteroatoms. The highest BCUT2D eigenvalue weighted by atomic mass is 16.5. The molecule has 0 atom stereocenters. The molecule has 1 aromatic rings. The Hall–Kier alpha value is -1.02. The first-order valence-electron chi connectivity index (χ1n) is 6.06. The zero-order chi connectivity index (χ0) is 12.0. The van der Waals surface area contributed by atoms with E-state index >= 15 is 0 Å². The number of ether oxygens (including phenoxy) is 1. The molecule has 0 bridgehead atoms. The molecule has 16 heavy (non-hydrogen) atoms. The molecule has 1 rings (SSSR count). The Morgan fingerprint density at radius 1 is 1.31 bits per heavy atom. The summed E-state index contributed by atoms with van der Waals surface area (Å²) >= 11 is 0. The Bertz CT molecular complexity index is 321. The molecule has 1 aromatic carbocycles. The molecule has 90 valence electrons. The van der Waals surface area contributed by atoms with E-state index in [1.165, 1.54) is 11.1 Å². The van der Waals surface area contributed by atoms with Crippen LogP contribution in [-0.4, -0.2) is 13.7 Å². The predicted octanol–water partition coefficient (Wildman–Crippen LogP) is 3.32. The van der Waals surface area contributed by atoms with Gasteiger partial charge in [0.15, 0.2) is 0 Å². The molecule has 0 spiro atoms. The lowest BCUT2D eigenvalue weighted by Gasteiger charge is -2.13. The molecule has 0 saturated heterocycles. The quantitative estimate of drug-likeness (QED) is 0.744. The molecule has 0 saturated carbocycles. The summed E-state index contributed by atoms with van der Waals surface area (Å²) in [5, 5.41) is 3.41. The van der Waals surface area contributed by atoms with Gasteiger partial charge in [-0.15, -0.1) is 0 Å². The van der Waals surface area contributed by atoms with Crippen molar-refractivity contribution >= 4 is 0 Å². The largest absolute Gasteiger partial charge is 0.496 e. The van der Waals surface area contributed by atoms with Crippen LogP contribution in [0.2, 0.25) is 0 Å². The molecule has 0 radical (unpaired) electrons. The lowest BCUT2D eigenvalue weighted by Crippen LogP contribution is -2.14. The molecule has 0 aromatic heterocycles. The van der Waals surface area contributed by atoms with E-state index in [2.05, 4.69) is 44.3 Å². The van der Waals surface area contributed by atoms with Crippen molar-refractivity contribution in [3.63, 3.8) is 0 Å². The van der Waals surface area contributed by atoms with E-state index in [0.29, 0.717) is 5.92 Å². The maximum absolute atomic E-state index is 5.37. The van der Waals surface area contributed by atoms with Crippen molar-refractivity contribution in [1.29, 1.82) is 0 Å². The van der Waals surface area contributed by atoms with Gasteiger partial charge in [0.1, 0.15) is 5.75 Å². The summed E-state index contributed by atoms with van der Waals surface area (Å²) in [5.74, 6) is 1.55. The minimum atomic E-state index is 0.566. The molecular formula is C14H23NO. The normalized spacial score (nSPS) is 10.8. The third-order valence-corrected chi connectivity index (χ3v) is 2.71. The second-order valence-electron chi connectivity index (χ2n) is 4.40. The van der Waals surface area contributed by atoms with Gasteiger partial charge in [-0.3, -0.25) is 0 Å². The van der Waals surface area contributed by atoms with Crippen molar-refractivity contribution in [3.05, 3.63) is 29.3 Å². The van der Waals surface area contributed by atoms with Crippen LogP contribution in [0.1, 0.15) is 44.2 Å². The monoisotopic (exact) mass is 221 g/mol. The van der Waals surface area contributed by atoms with Crippen LogP contribution in [0.3, 0.4) is 0 Å². The van der Waals surface area contributed by atoms with Gasteiger partial charge in [0.25, 0.3) is 0 Å². The SMILES string of the molecule is CCCNCc1cc(C(C)C)ccc1OC. The fourth-order valence-electron chi connectivity index (χ4n) is 1.70. The van der Waals surface area contributed by atoms with E-state index in [9.17, 15) is 0 Å². The molecule has 1 N–H and O–H groups in total. The second kappa shape index (κ2) is 6.54. The van der Waals surface area contributed by atoms with E-state index in [-0.39, 0.29) is 0 Å². The first kappa shape index (κ1) is 13.0. The summed E-state index contributed by atoms with van der Waals surface area (Å²) < 4.78 is 5.37. The van der Waals surface area contributed by atoms with Crippen molar-refractivity contribution in [2.45, 2.75) is 39.7 Å². The fraction of sp³-hybridized carbons (Fsp3) is 0.571. The first-order chi connectivity index (χ1) is 7.69. The summed E-state index contributed by atoms with van der Waals surface area (Å²) in [6, 6.07) is 6.46. The Morgan fingerprint density at radius 2 is 2.06 bits per heavy atom. The van der Waals surface area contributed by atoms with Gasteiger partial charge in [0, 0.05) is 12.1 Å². The van der Waals surface area contributed by atoms with Crippen molar-refractivity contribution in [3.8, 4) is 5.75 Å². The van der Waals surface area contributed by atoms with Gasteiger partial charge in [-0.25, -0.2) is 0 Å². The molecule has 0 aliphatic rings. The highest BCUT2D eigenvalue weighted by Gasteiger charge is 2.06. The summed E-state index contributed by atoms with van der Waals surface area (Å²) in [7, 11) is 1.73. The number of hydrogen-bond donors (Lipinski definition) is 1.